The summed E-state index contributed by atoms with van der Waals surface area (Å²) in [4.78, 5) is 33.9. The van der Waals surface area contributed by atoms with Crippen LogP contribution in [-0.2, 0) is 9.53 Å². The number of amides is 1. The number of nitro benzene ring substituents is 1. The first-order valence-electron chi connectivity index (χ1n) is 6.31. The van der Waals surface area contributed by atoms with Crippen molar-refractivity contribution in [1.29, 1.82) is 0 Å². The second-order valence-corrected chi connectivity index (χ2v) is 4.46. The van der Waals surface area contributed by atoms with Gasteiger partial charge in [0.1, 0.15) is 5.56 Å². The molecule has 0 bridgehead atoms. The summed E-state index contributed by atoms with van der Waals surface area (Å²) in [5, 5.41) is 13.5. The van der Waals surface area contributed by atoms with Crippen molar-refractivity contribution < 1.29 is 19.2 Å². The van der Waals surface area contributed by atoms with Crippen LogP contribution in [0.3, 0.4) is 0 Å². The highest BCUT2D eigenvalue weighted by Crippen LogP contribution is 2.20. The van der Waals surface area contributed by atoms with Crippen LogP contribution in [0.25, 0.3) is 0 Å². The van der Waals surface area contributed by atoms with Gasteiger partial charge in [-0.15, -0.1) is 0 Å². The Balaban J connectivity index is 2.15. The van der Waals surface area contributed by atoms with E-state index >= 15 is 0 Å². The fourth-order valence-electron chi connectivity index (χ4n) is 2.02. The fourth-order valence-corrected chi connectivity index (χ4v) is 2.02. The predicted octanol–water partition coefficient (Wildman–Crippen LogP) is 1.42. The average Bonchev–Trinajstić information content (AvgIpc) is 2.64. The monoisotopic (exact) mass is 278 g/mol. The molecule has 1 aliphatic heterocycles. The van der Waals surface area contributed by atoms with Crippen LogP contribution in [0.1, 0.15) is 29.6 Å². The first-order chi connectivity index (χ1) is 9.59. The molecule has 1 fully saturated rings. The first kappa shape index (κ1) is 14.0. The molecule has 106 valence electrons. The van der Waals surface area contributed by atoms with E-state index in [1.54, 1.807) is 0 Å². The highest BCUT2D eigenvalue weighted by atomic mass is 16.6. The van der Waals surface area contributed by atoms with Crippen molar-refractivity contribution in [3.8, 4) is 0 Å². The lowest BCUT2D eigenvalue weighted by atomic mass is 10.1. The molecular weight excluding hydrogens is 264 g/mol. The zero-order valence-electron chi connectivity index (χ0n) is 10.7. The number of carbonyl (C=O) groups excluding carboxylic acids is 2. The molecule has 1 heterocycles. The molecule has 20 heavy (non-hydrogen) atoms. The summed E-state index contributed by atoms with van der Waals surface area (Å²) in [7, 11) is 0. The van der Waals surface area contributed by atoms with E-state index in [2.05, 4.69) is 5.32 Å². The van der Waals surface area contributed by atoms with Crippen molar-refractivity contribution in [1.82, 2.24) is 5.32 Å². The van der Waals surface area contributed by atoms with Gasteiger partial charge in [-0.05, 0) is 25.3 Å². The highest BCUT2D eigenvalue weighted by molar-refractivity contribution is 5.95. The Hall–Kier alpha value is -2.44. The molecule has 0 aromatic heterocycles. The molecule has 1 N–H and O–H groups in total. The van der Waals surface area contributed by atoms with Gasteiger partial charge in [-0.1, -0.05) is 12.1 Å². The van der Waals surface area contributed by atoms with Gasteiger partial charge < -0.3 is 10.1 Å². The lowest BCUT2D eigenvalue weighted by molar-refractivity contribution is -0.385. The quantitative estimate of drug-likeness (QED) is 0.512. The molecule has 1 aliphatic rings. The molecule has 1 aromatic carbocycles. The number of nitrogens with zero attached hydrogens (tertiary/aromatic N) is 1. The average molecular weight is 278 g/mol. The normalized spacial score (nSPS) is 18.8. The number of esters is 1. The Morgan fingerprint density at radius 2 is 2.10 bits per heavy atom. The van der Waals surface area contributed by atoms with Gasteiger partial charge in [0.15, 0.2) is 6.10 Å². The summed E-state index contributed by atoms with van der Waals surface area (Å²) in [6.07, 6.45) is 1.13. The van der Waals surface area contributed by atoms with Crippen molar-refractivity contribution in [3.05, 3.63) is 39.9 Å². The molecule has 7 nitrogen and oxygen atoms in total. The number of hydrogen-bond donors (Lipinski definition) is 1. The summed E-state index contributed by atoms with van der Waals surface area (Å²) < 4.78 is 5.11. The van der Waals surface area contributed by atoms with Crippen LogP contribution >= 0.6 is 0 Å². The van der Waals surface area contributed by atoms with Gasteiger partial charge in [-0.25, -0.2) is 4.79 Å². The minimum absolute atomic E-state index is 0.144. The predicted molar refractivity (Wildman–Crippen MR) is 69.2 cm³/mol. The fraction of sp³-hybridized carbons (Fsp3) is 0.385. The third-order valence-electron chi connectivity index (χ3n) is 3.05. The molecule has 1 atom stereocenters. The Morgan fingerprint density at radius 1 is 1.35 bits per heavy atom. The molecule has 7 heteroatoms. The van der Waals surface area contributed by atoms with E-state index in [0.29, 0.717) is 13.0 Å². The van der Waals surface area contributed by atoms with Gasteiger partial charge >= 0.3 is 5.97 Å². The van der Waals surface area contributed by atoms with Gasteiger partial charge in [0.05, 0.1) is 4.92 Å². The maximum absolute atomic E-state index is 12.0. The molecule has 1 amide bonds. The second-order valence-electron chi connectivity index (χ2n) is 4.46. The number of ether oxygens (including phenoxy) is 1. The van der Waals surface area contributed by atoms with Crippen LogP contribution in [0.2, 0.25) is 0 Å². The zero-order valence-corrected chi connectivity index (χ0v) is 10.7. The number of hydrogen-bond acceptors (Lipinski definition) is 5. The second kappa shape index (κ2) is 6.14. The maximum atomic E-state index is 12.0. The molecule has 0 spiro atoms. The Kier molecular flexibility index (Phi) is 4.29. The van der Waals surface area contributed by atoms with Crippen molar-refractivity contribution in [2.45, 2.75) is 25.4 Å². The SMILES string of the molecule is O=C(OC1CCCCNC1=O)c1ccccc1[N+](=O)[O-]. The lowest BCUT2D eigenvalue weighted by Crippen LogP contribution is -2.36. The summed E-state index contributed by atoms with van der Waals surface area (Å²) in [6.45, 7) is 0.554. The largest absolute Gasteiger partial charge is 0.448 e. The van der Waals surface area contributed by atoms with Gasteiger partial charge in [0.2, 0.25) is 0 Å². The van der Waals surface area contributed by atoms with Gasteiger partial charge in [-0.3, -0.25) is 14.9 Å². The minimum atomic E-state index is -0.884. The van der Waals surface area contributed by atoms with Gasteiger partial charge in [0, 0.05) is 12.6 Å². The number of para-hydroxylation sites is 1. The molecule has 1 unspecified atom stereocenters. The molecule has 0 radical (unpaired) electrons. The van der Waals surface area contributed by atoms with Gasteiger partial charge in [0.25, 0.3) is 11.6 Å². The van der Waals surface area contributed by atoms with Crippen LogP contribution in [0.5, 0.6) is 0 Å². The summed E-state index contributed by atoms with van der Waals surface area (Å²) in [5.41, 5.74) is -0.471. The number of nitro groups is 1. The molecule has 0 saturated carbocycles. The molecule has 0 aliphatic carbocycles. The molecular formula is C13H14N2O5. The summed E-state index contributed by atoms with van der Waals surface area (Å²) >= 11 is 0. The van der Waals surface area contributed by atoms with E-state index in [0.717, 1.165) is 12.8 Å². The molecule has 1 saturated heterocycles. The Morgan fingerprint density at radius 3 is 2.85 bits per heavy atom. The number of nitrogens with one attached hydrogen (secondary N) is 1. The smallest absolute Gasteiger partial charge is 0.345 e. The van der Waals surface area contributed by atoms with Crippen LogP contribution in [-0.4, -0.2) is 29.4 Å². The number of benzene rings is 1. The third kappa shape index (κ3) is 3.11. The number of rotatable bonds is 3. The van der Waals surface area contributed by atoms with Crippen molar-refractivity contribution in [2.75, 3.05) is 6.54 Å². The van der Waals surface area contributed by atoms with E-state index in [4.69, 9.17) is 4.74 Å². The van der Waals surface area contributed by atoms with E-state index in [1.165, 1.54) is 24.3 Å². The number of carbonyl (C=O) groups is 2. The van der Waals surface area contributed by atoms with E-state index in [9.17, 15) is 19.7 Å². The van der Waals surface area contributed by atoms with Crippen molar-refractivity contribution >= 4 is 17.6 Å². The molecule has 1 aromatic rings. The maximum Gasteiger partial charge on any atom is 0.345 e. The van der Waals surface area contributed by atoms with Crippen LogP contribution in [0.15, 0.2) is 24.3 Å². The standard InChI is InChI=1S/C13H14N2O5/c16-12-11(7-3-4-8-14-12)20-13(17)9-5-1-2-6-10(9)15(18)19/h1-2,5-6,11H,3-4,7-8H2,(H,14,16). The topological polar surface area (TPSA) is 98.5 Å². The van der Waals surface area contributed by atoms with Crippen molar-refractivity contribution in [2.24, 2.45) is 0 Å². The minimum Gasteiger partial charge on any atom is -0.448 e. The van der Waals surface area contributed by atoms with Crippen LogP contribution in [0.4, 0.5) is 5.69 Å². The highest BCUT2D eigenvalue weighted by Gasteiger charge is 2.28. The summed E-state index contributed by atoms with van der Waals surface area (Å²) in [5.74, 6) is -1.20. The Bertz CT molecular complexity index is 543. The lowest BCUT2D eigenvalue weighted by Gasteiger charge is -2.14. The van der Waals surface area contributed by atoms with E-state index < -0.39 is 17.0 Å². The Labute approximate surface area is 115 Å². The molecule has 2 rings (SSSR count). The van der Waals surface area contributed by atoms with E-state index in [1.807, 2.05) is 0 Å². The third-order valence-corrected chi connectivity index (χ3v) is 3.05. The van der Waals surface area contributed by atoms with Crippen LogP contribution < -0.4 is 5.32 Å². The van der Waals surface area contributed by atoms with E-state index in [-0.39, 0.29) is 17.2 Å². The van der Waals surface area contributed by atoms with Crippen LogP contribution in [0, 0.1) is 10.1 Å². The first-order valence-corrected chi connectivity index (χ1v) is 6.31. The summed E-state index contributed by atoms with van der Waals surface area (Å²) in [6, 6.07) is 5.52. The van der Waals surface area contributed by atoms with Crippen molar-refractivity contribution in [3.63, 3.8) is 0 Å². The van der Waals surface area contributed by atoms with Gasteiger partial charge in [-0.2, -0.15) is 0 Å². The zero-order chi connectivity index (χ0) is 14.5.